The summed E-state index contributed by atoms with van der Waals surface area (Å²) in [6, 6.07) is 12.3. The van der Waals surface area contributed by atoms with E-state index >= 15 is 0 Å². The van der Waals surface area contributed by atoms with Crippen molar-refractivity contribution in [2.75, 3.05) is 0 Å². The van der Waals surface area contributed by atoms with Crippen molar-refractivity contribution in [2.24, 2.45) is 11.5 Å². The van der Waals surface area contributed by atoms with Crippen LogP contribution in [0.15, 0.2) is 59.3 Å². The zero-order chi connectivity index (χ0) is 22.7. The summed E-state index contributed by atoms with van der Waals surface area (Å²) in [7, 11) is 0. The molecule has 0 saturated carbocycles. The number of ether oxygens (including phenoxy) is 1. The molecule has 0 radical (unpaired) electrons. The molecule has 5 N–H and O–H groups in total. The van der Waals surface area contributed by atoms with E-state index in [0.717, 1.165) is 16.5 Å². The van der Waals surface area contributed by atoms with Gasteiger partial charge in [-0.25, -0.2) is 4.39 Å². The molecule has 0 atom stereocenters. The Labute approximate surface area is 183 Å². The number of benzene rings is 2. The molecule has 0 bridgehead atoms. The first-order valence-electron chi connectivity index (χ1n) is 10.0. The normalized spacial score (nSPS) is 11.1. The Hall–Kier alpha value is -3.75. The summed E-state index contributed by atoms with van der Waals surface area (Å²) >= 11 is 0. The summed E-state index contributed by atoms with van der Waals surface area (Å²) in [5.74, 6) is -1.00. The predicted molar refractivity (Wildman–Crippen MR) is 117 cm³/mol. The number of nitrogens with zero attached hydrogens (tertiary/aromatic N) is 1. The molecule has 8 heteroatoms. The number of carbonyl (C=O) groups is 1. The molecule has 0 unspecified atom stereocenters. The van der Waals surface area contributed by atoms with Crippen molar-refractivity contribution in [1.29, 1.82) is 0 Å². The Morgan fingerprint density at radius 1 is 1.06 bits per heavy atom. The highest BCUT2D eigenvalue weighted by Gasteiger charge is 2.17. The molecule has 2 heterocycles. The molecule has 4 rings (SSSR count). The largest absolute Gasteiger partial charge is 0.489 e. The quantitative estimate of drug-likeness (QED) is 0.385. The number of carboxylic acid groups (broad SMARTS) is 1. The summed E-state index contributed by atoms with van der Waals surface area (Å²) in [5.41, 5.74) is 15.1. The predicted octanol–water partition coefficient (Wildman–Crippen LogP) is 3.76. The number of carboxylic acids is 1. The van der Waals surface area contributed by atoms with Gasteiger partial charge in [0, 0.05) is 41.4 Å². The van der Waals surface area contributed by atoms with Crippen molar-refractivity contribution in [3.8, 4) is 16.9 Å². The molecule has 2 aromatic heterocycles. The summed E-state index contributed by atoms with van der Waals surface area (Å²) in [6.07, 6.45) is 2.88. The van der Waals surface area contributed by atoms with Crippen molar-refractivity contribution < 1.29 is 23.4 Å². The van der Waals surface area contributed by atoms with Gasteiger partial charge in [0.25, 0.3) is 0 Å². The van der Waals surface area contributed by atoms with Crippen molar-refractivity contribution in [2.45, 2.75) is 26.1 Å². The molecule has 0 spiro atoms. The number of nitrogens with two attached hydrogens (primary N) is 2. The van der Waals surface area contributed by atoms with Gasteiger partial charge >= 0.3 is 5.97 Å². The lowest BCUT2D eigenvalue weighted by atomic mass is 10.00. The zero-order valence-electron chi connectivity index (χ0n) is 17.2. The van der Waals surface area contributed by atoms with Crippen molar-refractivity contribution in [3.05, 3.63) is 83.1 Å². The Balaban J connectivity index is 1.71. The number of fused-ring (bicyclic) bond motifs is 1. The van der Waals surface area contributed by atoms with Gasteiger partial charge in [-0.3, -0.25) is 9.78 Å². The number of halogens is 1. The van der Waals surface area contributed by atoms with Crippen LogP contribution in [0.1, 0.15) is 22.4 Å². The first kappa shape index (κ1) is 21.5. The van der Waals surface area contributed by atoms with Crippen LogP contribution in [0.25, 0.3) is 22.1 Å². The Bertz CT molecular complexity index is 1290. The third-order valence-corrected chi connectivity index (χ3v) is 5.16. The van der Waals surface area contributed by atoms with Gasteiger partial charge in [-0.15, -0.1) is 0 Å². The van der Waals surface area contributed by atoms with E-state index in [4.69, 9.17) is 20.6 Å². The third-order valence-electron chi connectivity index (χ3n) is 5.16. The van der Waals surface area contributed by atoms with Crippen LogP contribution in [0.5, 0.6) is 5.75 Å². The lowest BCUT2D eigenvalue weighted by Crippen LogP contribution is -2.06. The third kappa shape index (κ3) is 4.32. The van der Waals surface area contributed by atoms with E-state index in [9.17, 15) is 14.3 Å². The minimum absolute atomic E-state index is 0.0202. The minimum Gasteiger partial charge on any atom is -0.489 e. The topological polar surface area (TPSA) is 125 Å². The molecule has 0 aliphatic rings. The van der Waals surface area contributed by atoms with Gasteiger partial charge in [0.1, 0.15) is 17.9 Å². The van der Waals surface area contributed by atoms with Crippen LogP contribution in [0.3, 0.4) is 0 Å². The van der Waals surface area contributed by atoms with Crippen molar-refractivity contribution in [3.63, 3.8) is 0 Å². The van der Waals surface area contributed by atoms with E-state index in [2.05, 4.69) is 4.98 Å². The van der Waals surface area contributed by atoms with E-state index < -0.39 is 11.8 Å². The summed E-state index contributed by atoms with van der Waals surface area (Å²) in [4.78, 5) is 15.2. The molecule has 0 saturated heterocycles. The molecule has 0 aliphatic carbocycles. The fourth-order valence-electron chi connectivity index (χ4n) is 3.60. The minimum atomic E-state index is -0.957. The second kappa shape index (κ2) is 9.17. The van der Waals surface area contributed by atoms with Crippen LogP contribution < -0.4 is 16.2 Å². The second-order valence-electron chi connectivity index (χ2n) is 7.31. The van der Waals surface area contributed by atoms with E-state index in [1.165, 1.54) is 12.5 Å². The molecule has 0 aliphatic heterocycles. The highest BCUT2D eigenvalue weighted by atomic mass is 19.1. The highest BCUT2D eigenvalue weighted by molar-refractivity contribution is 5.93. The number of aromatic nitrogens is 1. The van der Waals surface area contributed by atoms with Gasteiger partial charge in [0.15, 0.2) is 5.82 Å². The van der Waals surface area contributed by atoms with Gasteiger partial charge in [-0.1, -0.05) is 12.1 Å². The average molecular weight is 435 g/mol. The first-order valence-corrected chi connectivity index (χ1v) is 10.0. The highest BCUT2D eigenvalue weighted by Crippen LogP contribution is 2.34. The summed E-state index contributed by atoms with van der Waals surface area (Å²) < 4.78 is 26.5. The van der Waals surface area contributed by atoms with Gasteiger partial charge in [0.05, 0.1) is 18.4 Å². The standard InChI is InChI=1S/C24H22FN3O4/c25-23-18(3-5-28-20(23)12-27)19-8-15(7-17-4-6-31-24(17)19)13-32-21-9-14(11-26)1-2-16(21)10-22(29)30/h1-9H,10-13,26-27H2,(H,29,30). The average Bonchev–Trinajstić information content (AvgIpc) is 3.26. The molecule has 7 nitrogen and oxygen atoms in total. The van der Waals surface area contributed by atoms with E-state index in [1.807, 2.05) is 6.07 Å². The molecule has 32 heavy (non-hydrogen) atoms. The van der Waals surface area contributed by atoms with E-state index in [0.29, 0.717) is 34.6 Å². The van der Waals surface area contributed by atoms with E-state index in [-0.39, 0.29) is 25.3 Å². The van der Waals surface area contributed by atoms with Crippen molar-refractivity contribution in [1.82, 2.24) is 4.98 Å². The fourth-order valence-corrected chi connectivity index (χ4v) is 3.60. The van der Waals surface area contributed by atoms with Crippen LogP contribution in [0.2, 0.25) is 0 Å². The van der Waals surface area contributed by atoms with Crippen molar-refractivity contribution >= 4 is 16.9 Å². The lowest BCUT2D eigenvalue weighted by Gasteiger charge is -2.14. The molecular weight excluding hydrogens is 413 g/mol. The number of hydrogen-bond donors (Lipinski definition) is 3. The van der Waals surface area contributed by atoms with Gasteiger partial charge in [-0.05, 0) is 41.5 Å². The van der Waals surface area contributed by atoms with Crippen LogP contribution >= 0.6 is 0 Å². The molecule has 4 aromatic rings. The van der Waals surface area contributed by atoms with Crippen LogP contribution in [0.4, 0.5) is 4.39 Å². The zero-order valence-corrected chi connectivity index (χ0v) is 17.2. The van der Waals surface area contributed by atoms with Crippen LogP contribution in [-0.2, 0) is 30.9 Å². The first-order chi connectivity index (χ1) is 15.5. The Morgan fingerprint density at radius 3 is 2.66 bits per heavy atom. The summed E-state index contributed by atoms with van der Waals surface area (Å²) in [6.45, 7) is 0.429. The van der Waals surface area contributed by atoms with E-state index in [1.54, 1.807) is 36.4 Å². The Kier molecular flexibility index (Phi) is 6.16. The monoisotopic (exact) mass is 435 g/mol. The Morgan fingerprint density at radius 2 is 1.91 bits per heavy atom. The SMILES string of the molecule is NCc1ccc(CC(=O)O)c(OCc2cc(-c3ccnc(CN)c3F)c3occc3c2)c1. The lowest BCUT2D eigenvalue weighted by molar-refractivity contribution is -0.136. The van der Waals surface area contributed by atoms with Crippen LogP contribution in [0, 0.1) is 5.82 Å². The molecule has 0 fully saturated rings. The van der Waals surface area contributed by atoms with Gasteiger partial charge in [0.2, 0.25) is 0 Å². The maximum absolute atomic E-state index is 15.0. The molecule has 0 amide bonds. The number of furan rings is 1. The fraction of sp³-hybridized carbons (Fsp3) is 0.167. The van der Waals surface area contributed by atoms with Crippen LogP contribution in [-0.4, -0.2) is 16.1 Å². The molecule has 2 aromatic carbocycles. The summed E-state index contributed by atoms with van der Waals surface area (Å²) in [5, 5.41) is 9.97. The maximum Gasteiger partial charge on any atom is 0.307 e. The van der Waals surface area contributed by atoms with Gasteiger partial charge < -0.3 is 25.7 Å². The van der Waals surface area contributed by atoms with Gasteiger partial charge in [-0.2, -0.15) is 0 Å². The molecule has 164 valence electrons. The number of pyridine rings is 1. The number of aliphatic carboxylic acids is 1. The maximum atomic E-state index is 15.0. The number of hydrogen-bond acceptors (Lipinski definition) is 6. The smallest absolute Gasteiger partial charge is 0.307 e. The molecular formula is C24H22FN3O4. The number of rotatable bonds is 8. The second-order valence-corrected chi connectivity index (χ2v) is 7.31.